The number of anilines is 3. The second kappa shape index (κ2) is 10.3. The Balaban J connectivity index is 1.25. The van der Waals surface area contributed by atoms with Crippen molar-refractivity contribution in [2.75, 3.05) is 37.4 Å². The summed E-state index contributed by atoms with van der Waals surface area (Å²) in [7, 11) is 3.12. The van der Waals surface area contributed by atoms with Crippen LogP contribution >= 0.6 is 0 Å². The summed E-state index contributed by atoms with van der Waals surface area (Å²) in [5, 5.41) is 14.3. The molecule has 2 aliphatic heterocycles. The molecule has 2 atom stereocenters. The van der Waals surface area contributed by atoms with Crippen LogP contribution in [0.3, 0.4) is 0 Å². The SMILES string of the molecule is COc1cnc(Nc2cc(-n3nnn(C)c3=O)c(C3CC3)cc2F)nc1NC[C@@H]1CCCN2CCCC[C@H]12. The molecule has 0 radical (unpaired) electrons. The highest BCUT2D eigenvalue weighted by atomic mass is 19.1. The van der Waals surface area contributed by atoms with Crippen molar-refractivity contribution in [3.63, 3.8) is 0 Å². The molecule has 0 amide bonds. The first-order chi connectivity index (χ1) is 18.5. The van der Waals surface area contributed by atoms with Gasteiger partial charge in [0.25, 0.3) is 0 Å². The summed E-state index contributed by atoms with van der Waals surface area (Å²) in [6.45, 7) is 3.18. The normalized spacial score (nSPS) is 21.7. The number of tetrazole rings is 1. The highest BCUT2D eigenvalue weighted by Gasteiger charge is 2.33. The number of nitrogens with one attached hydrogen (secondary N) is 2. The van der Waals surface area contributed by atoms with Crippen molar-refractivity contribution >= 4 is 17.5 Å². The number of methoxy groups -OCH3 is 1. The van der Waals surface area contributed by atoms with Gasteiger partial charge in [0.1, 0.15) is 5.82 Å². The summed E-state index contributed by atoms with van der Waals surface area (Å²) in [5.41, 5.74) is 1.02. The average molecular weight is 524 g/mol. The number of rotatable bonds is 8. The zero-order valence-corrected chi connectivity index (χ0v) is 21.9. The average Bonchev–Trinajstić information content (AvgIpc) is 3.73. The van der Waals surface area contributed by atoms with E-state index in [0.717, 1.165) is 29.6 Å². The smallest absolute Gasteiger partial charge is 0.368 e. The third kappa shape index (κ3) is 4.84. The van der Waals surface area contributed by atoms with E-state index >= 15 is 4.39 Å². The van der Waals surface area contributed by atoms with E-state index in [1.54, 1.807) is 19.4 Å². The number of benzene rings is 1. The van der Waals surface area contributed by atoms with Crippen LogP contribution in [-0.2, 0) is 7.05 Å². The Morgan fingerprint density at radius 1 is 1.11 bits per heavy atom. The molecule has 3 aliphatic rings. The van der Waals surface area contributed by atoms with Crippen molar-refractivity contribution in [2.45, 2.75) is 56.9 Å². The molecule has 202 valence electrons. The summed E-state index contributed by atoms with van der Waals surface area (Å²) in [6.07, 6.45) is 9.70. The van der Waals surface area contributed by atoms with Crippen molar-refractivity contribution in [3.05, 3.63) is 40.2 Å². The zero-order chi connectivity index (χ0) is 26.2. The van der Waals surface area contributed by atoms with Gasteiger partial charge in [0.05, 0.1) is 24.7 Å². The van der Waals surface area contributed by atoms with E-state index in [2.05, 4.69) is 35.9 Å². The van der Waals surface area contributed by atoms with Crippen LogP contribution in [0.1, 0.15) is 56.4 Å². The van der Waals surface area contributed by atoms with Gasteiger partial charge in [-0.15, -0.1) is 0 Å². The van der Waals surface area contributed by atoms with Gasteiger partial charge in [-0.3, -0.25) is 0 Å². The first-order valence-electron chi connectivity index (χ1n) is 13.5. The lowest BCUT2D eigenvalue weighted by molar-refractivity contribution is 0.0649. The quantitative estimate of drug-likeness (QED) is 0.459. The number of aromatic nitrogens is 6. The molecule has 4 heterocycles. The maximum atomic E-state index is 15.2. The van der Waals surface area contributed by atoms with E-state index in [9.17, 15) is 4.79 Å². The molecule has 0 unspecified atom stereocenters. The molecule has 1 aromatic carbocycles. The van der Waals surface area contributed by atoms with Crippen molar-refractivity contribution < 1.29 is 9.13 Å². The maximum Gasteiger partial charge on any atom is 0.368 e. The minimum atomic E-state index is -0.443. The molecule has 6 rings (SSSR count). The summed E-state index contributed by atoms with van der Waals surface area (Å²) in [6, 6.07) is 3.66. The first kappa shape index (κ1) is 24.8. The van der Waals surface area contributed by atoms with Gasteiger partial charge >= 0.3 is 5.69 Å². The Kier molecular flexibility index (Phi) is 6.73. The minimum absolute atomic E-state index is 0.156. The van der Waals surface area contributed by atoms with Crippen LogP contribution in [0.15, 0.2) is 23.1 Å². The largest absolute Gasteiger partial charge is 0.491 e. The molecule has 3 fully saturated rings. The number of fused-ring (bicyclic) bond motifs is 1. The maximum absolute atomic E-state index is 15.2. The summed E-state index contributed by atoms with van der Waals surface area (Å²) >= 11 is 0. The van der Waals surface area contributed by atoms with Crippen molar-refractivity contribution in [2.24, 2.45) is 13.0 Å². The highest BCUT2D eigenvalue weighted by Crippen LogP contribution is 2.44. The van der Waals surface area contributed by atoms with Gasteiger partial charge in [-0.25, -0.2) is 14.2 Å². The molecule has 0 bridgehead atoms. The molecule has 12 heteroatoms. The Labute approximate surface area is 220 Å². The Hall–Kier alpha value is -3.54. The third-order valence-corrected chi connectivity index (χ3v) is 8.07. The molecule has 1 saturated carbocycles. The Morgan fingerprint density at radius 3 is 2.71 bits per heavy atom. The minimum Gasteiger partial charge on any atom is -0.491 e. The van der Waals surface area contributed by atoms with Gasteiger partial charge in [-0.2, -0.15) is 14.3 Å². The second-order valence-corrected chi connectivity index (χ2v) is 10.6. The molecule has 2 N–H and O–H groups in total. The van der Waals surface area contributed by atoms with Crippen LogP contribution in [0, 0.1) is 11.7 Å². The van der Waals surface area contributed by atoms with Gasteiger partial charge in [0, 0.05) is 19.6 Å². The number of aryl methyl sites for hydroxylation is 1. The topological polar surface area (TPSA) is 115 Å². The van der Waals surface area contributed by atoms with Crippen LogP contribution in [0.2, 0.25) is 0 Å². The predicted molar refractivity (Wildman–Crippen MR) is 141 cm³/mol. The lowest BCUT2D eigenvalue weighted by Gasteiger charge is -2.44. The van der Waals surface area contributed by atoms with Crippen molar-refractivity contribution in [1.82, 2.24) is 34.7 Å². The van der Waals surface area contributed by atoms with Crippen LogP contribution in [0.4, 0.5) is 21.8 Å². The first-order valence-corrected chi connectivity index (χ1v) is 13.5. The Bertz CT molecular complexity index is 1370. The molecule has 11 nitrogen and oxygen atoms in total. The Morgan fingerprint density at radius 2 is 1.95 bits per heavy atom. The number of nitrogens with zero attached hydrogens (tertiary/aromatic N) is 7. The standard InChI is InChI=1S/C26H34FN9O2/c1-34-26(37)36(33-32-34)22-13-20(19(27)12-18(22)16-8-9-16)30-25-29-15-23(38-2)24(31-25)28-14-17-6-5-11-35-10-4-3-7-21(17)35/h12-13,15-17,21H,3-11,14H2,1-2H3,(H2,28,29,30,31)/t17-,21+/m0/s1. The van der Waals surface area contributed by atoms with Crippen LogP contribution < -0.4 is 21.1 Å². The fourth-order valence-corrected chi connectivity index (χ4v) is 5.91. The second-order valence-electron chi connectivity index (χ2n) is 10.6. The van der Waals surface area contributed by atoms with Gasteiger partial charge < -0.3 is 20.3 Å². The third-order valence-electron chi connectivity index (χ3n) is 8.07. The molecule has 2 aromatic heterocycles. The van der Waals surface area contributed by atoms with Gasteiger partial charge in [0.2, 0.25) is 5.95 Å². The monoisotopic (exact) mass is 523 g/mol. The van der Waals surface area contributed by atoms with Gasteiger partial charge in [-0.1, -0.05) is 6.42 Å². The number of hydrogen-bond acceptors (Lipinski definition) is 9. The molecule has 2 saturated heterocycles. The van der Waals surface area contributed by atoms with Crippen LogP contribution in [-0.4, -0.2) is 67.4 Å². The number of ether oxygens (including phenoxy) is 1. The molecule has 0 spiro atoms. The highest BCUT2D eigenvalue weighted by molar-refractivity contribution is 5.63. The van der Waals surface area contributed by atoms with Gasteiger partial charge in [-0.05, 0) is 91.6 Å². The van der Waals surface area contributed by atoms with Crippen molar-refractivity contribution in [1.29, 1.82) is 0 Å². The van der Waals surface area contributed by atoms with Crippen LogP contribution in [0.25, 0.3) is 5.69 Å². The lowest BCUT2D eigenvalue weighted by atomic mass is 9.83. The summed E-state index contributed by atoms with van der Waals surface area (Å²) < 4.78 is 23.1. The molecule has 3 aromatic rings. The number of piperidine rings is 2. The van der Waals surface area contributed by atoms with E-state index in [1.165, 1.54) is 63.0 Å². The summed E-state index contributed by atoms with van der Waals surface area (Å²) in [5.74, 6) is 1.63. The summed E-state index contributed by atoms with van der Waals surface area (Å²) in [4.78, 5) is 24.2. The molecule has 1 aliphatic carbocycles. The van der Waals surface area contributed by atoms with E-state index in [0.29, 0.717) is 29.2 Å². The van der Waals surface area contributed by atoms with Crippen LogP contribution in [0.5, 0.6) is 5.75 Å². The fraction of sp³-hybridized carbons (Fsp3) is 0.577. The van der Waals surface area contributed by atoms with E-state index in [-0.39, 0.29) is 17.6 Å². The van der Waals surface area contributed by atoms with E-state index in [1.807, 2.05) is 0 Å². The molecular formula is C26H34FN9O2. The lowest BCUT2D eigenvalue weighted by Crippen LogP contribution is -2.49. The van der Waals surface area contributed by atoms with Gasteiger partial charge in [0.15, 0.2) is 11.6 Å². The number of hydrogen-bond donors (Lipinski definition) is 2. The molecule has 38 heavy (non-hydrogen) atoms. The number of halogens is 1. The van der Waals surface area contributed by atoms with Crippen molar-refractivity contribution in [3.8, 4) is 11.4 Å². The van der Waals surface area contributed by atoms with E-state index in [4.69, 9.17) is 4.74 Å². The fourth-order valence-electron chi connectivity index (χ4n) is 5.91. The van der Waals surface area contributed by atoms with E-state index < -0.39 is 11.5 Å². The predicted octanol–water partition coefficient (Wildman–Crippen LogP) is 3.20. The molecular weight excluding hydrogens is 489 g/mol. The zero-order valence-electron chi connectivity index (χ0n) is 21.9.